The Morgan fingerprint density at radius 1 is 0.750 bits per heavy atom. The minimum absolute atomic E-state index is 0.0606. The third-order valence-electron chi connectivity index (χ3n) is 7.94. The van der Waals surface area contributed by atoms with E-state index in [-0.39, 0.29) is 12.5 Å². The van der Waals surface area contributed by atoms with Gasteiger partial charge in [0.25, 0.3) is 5.91 Å². The number of nitrogens with one attached hydrogen (secondary N) is 1. The standard InChI is InChI=1S/C36H32N6O2/c1-41-19-21-42(22-20-41)36(43)35-28-11-5-6-12-29(28)40-34(24-37-35)44-27-17-15-26(16-18-27)33-23-32(25-9-3-2-4-10-25)38-30-13-7-8-14-31(30)39-33/h2-18,23,38H,19-22,24H2,1H3. The van der Waals surface area contributed by atoms with Gasteiger partial charge < -0.3 is 19.9 Å². The Morgan fingerprint density at radius 2 is 1.45 bits per heavy atom. The zero-order chi connectivity index (χ0) is 29.9. The molecule has 218 valence electrons. The SMILES string of the molecule is CN1CCN(C(=O)C2=NCC(Oc3ccc(C4=Nc5ccccc5NC(c5ccccc5)=C4)cc3)=Nc3ccccc32)CC1. The van der Waals surface area contributed by atoms with Gasteiger partial charge in [0.15, 0.2) is 0 Å². The summed E-state index contributed by atoms with van der Waals surface area (Å²) in [5.41, 5.74) is 7.51. The average molecular weight is 581 g/mol. The molecule has 0 unspecified atom stereocenters. The largest absolute Gasteiger partial charge is 0.441 e. The first-order chi connectivity index (χ1) is 21.6. The van der Waals surface area contributed by atoms with Gasteiger partial charge in [-0.2, -0.15) is 0 Å². The quantitative estimate of drug-likeness (QED) is 0.323. The number of amides is 1. The van der Waals surface area contributed by atoms with Gasteiger partial charge in [0.1, 0.15) is 18.0 Å². The maximum Gasteiger partial charge on any atom is 0.272 e. The van der Waals surface area contributed by atoms with Gasteiger partial charge in [-0.3, -0.25) is 9.79 Å². The van der Waals surface area contributed by atoms with Crippen LogP contribution in [0.5, 0.6) is 5.75 Å². The number of aliphatic imine (C=N–C) groups is 3. The zero-order valence-electron chi connectivity index (χ0n) is 24.5. The molecule has 3 aliphatic heterocycles. The molecule has 0 saturated carbocycles. The summed E-state index contributed by atoms with van der Waals surface area (Å²) in [5, 5.41) is 3.55. The highest BCUT2D eigenvalue weighted by Gasteiger charge is 2.27. The number of nitrogens with zero attached hydrogens (tertiary/aromatic N) is 5. The number of hydrogen-bond donors (Lipinski definition) is 1. The topological polar surface area (TPSA) is 81.9 Å². The Bertz CT molecular complexity index is 1820. The lowest BCUT2D eigenvalue weighted by Gasteiger charge is -2.32. The predicted octanol–water partition coefficient (Wildman–Crippen LogP) is 5.96. The van der Waals surface area contributed by atoms with Crippen LogP contribution >= 0.6 is 0 Å². The van der Waals surface area contributed by atoms with Crippen molar-refractivity contribution in [3.63, 3.8) is 0 Å². The molecule has 0 radical (unpaired) electrons. The fourth-order valence-electron chi connectivity index (χ4n) is 5.48. The highest BCUT2D eigenvalue weighted by molar-refractivity contribution is 6.46. The number of carbonyl (C=O) groups is 1. The van der Waals surface area contributed by atoms with E-state index < -0.39 is 0 Å². The highest BCUT2D eigenvalue weighted by atomic mass is 16.5. The number of allylic oxidation sites excluding steroid dienone is 1. The Labute approximate surface area is 256 Å². The molecular formula is C36H32N6O2. The number of rotatable bonds is 4. The van der Waals surface area contributed by atoms with E-state index in [1.54, 1.807) is 0 Å². The van der Waals surface area contributed by atoms with Crippen LogP contribution in [0, 0.1) is 0 Å². The second-order valence-corrected chi connectivity index (χ2v) is 11.0. The first-order valence-corrected chi connectivity index (χ1v) is 14.8. The summed E-state index contributed by atoms with van der Waals surface area (Å²) in [6.45, 7) is 3.23. The van der Waals surface area contributed by atoms with Crippen LogP contribution in [0.1, 0.15) is 16.7 Å². The van der Waals surface area contributed by atoms with Crippen molar-refractivity contribution in [1.29, 1.82) is 0 Å². The van der Waals surface area contributed by atoms with Crippen LogP contribution in [0.2, 0.25) is 0 Å². The van der Waals surface area contributed by atoms with Crippen LogP contribution in [0.15, 0.2) is 124 Å². The summed E-state index contributed by atoms with van der Waals surface area (Å²) < 4.78 is 6.24. The second-order valence-electron chi connectivity index (χ2n) is 11.0. The number of hydrogen-bond acceptors (Lipinski definition) is 7. The van der Waals surface area contributed by atoms with E-state index in [9.17, 15) is 4.79 Å². The summed E-state index contributed by atoms with van der Waals surface area (Å²) in [7, 11) is 2.07. The summed E-state index contributed by atoms with van der Waals surface area (Å²) >= 11 is 0. The maximum atomic E-state index is 13.5. The Balaban J connectivity index is 1.14. The van der Waals surface area contributed by atoms with Gasteiger partial charge in [0.2, 0.25) is 5.90 Å². The lowest BCUT2D eigenvalue weighted by Crippen LogP contribution is -2.49. The van der Waals surface area contributed by atoms with Crippen LogP contribution < -0.4 is 10.1 Å². The molecule has 8 nitrogen and oxygen atoms in total. The number of ether oxygens (including phenoxy) is 1. The normalized spacial score (nSPS) is 16.5. The van der Waals surface area contributed by atoms with E-state index in [4.69, 9.17) is 19.7 Å². The van der Waals surface area contributed by atoms with E-state index >= 15 is 0 Å². The van der Waals surface area contributed by atoms with E-state index in [1.807, 2.05) is 95.9 Å². The molecule has 3 aliphatic rings. The molecule has 4 aromatic rings. The van der Waals surface area contributed by atoms with Crippen LogP contribution in [0.4, 0.5) is 17.1 Å². The summed E-state index contributed by atoms with van der Waals surface area (Å²) in [6.07, 6.45) is 2.07. The Morgan fingerprint density at radius 3 is 2.25 bits per heavy atom. The molecule has 3 heterocycles. The van der Waals surface area contributed by atoms with Crippen molar-refractivity contribution in [2.24, 2.45) is 15.0 Å². The van der Waals surface area contributed by atoms with Gasteiger partial charge in [-0.25, -0.2) is 9.98 Å². The zero-order valence-corrected chi connectivity index (χ0v) is 24.5. The lowest BCUT2D eigenvalue weighted by molar-refractivity contribution is -0.125. The predicted molar refractivity (Wildman–Crippen MR) is 177 cm³/mol. The van der Waals surface area contributed by atoms with Gasteiger partial charge in [-0.15, -0.1) is 0 Å². The number of para-hydroxylation sites is 3. The van der Waals surface area contributed by atoms with Crippen LogP contribution in [-0.4, -0.2) is 72.8 Å². The molecule has 1 saturated heterocycles. The molecule has 44 heavy (non-hydrogen) atoms. The summed E-state index contributed by atoms with van der Waals surface area (Å²) in [4.78, 5) is 32.1. The monoisotopic (exact) mass is 580 g/mol. The van der Waals surface area contributed by atoms with Crippen molar-refractivity contribution in [2.75, 3.05) is 45.1 Å². The van der Waals surface area contributed by atoms with Crippen LogP contribution in [-0.2, 0) is 4.79 Å². The van der Waals surface area contributed by atoms with Crippen molar-refractivity contribution < 1.29 is 9.53 Å². The molecule has 0 aromatic heterocycles. The number of carbonyl (C=O) groups excluding carboxylic acids is 1. The molecule has 1 amide bonds. The maximum absolute atomic E-state index is 13.5. The third-order valence-corrected chi connectivity index (χ3v) is 7.94. The molecule has 0 aliphatic carbocycles. The van der Waals surface area contributed by atoms with Crippen molar-refractivity contribution in [3.05, 3.63) is 126 Å². The van der Waals surface area contributed by atoms with Gasteiger partial charge in [-0.1, -0.05) is 60.7 Å². The Kier molecular flexibility index (Phi) is 7.56. The fourth-order valence-corrected chi connectivity index (χ4v) is 5.48. The van der Waals surface area contributed by atoms with E-state index in [2.05, 4.69) is 35.5 Å². The lowest BCUT2D eigenvalue weighted by atomic mass is 10.1. The number of likely N-dealkylation sites (N-methyl/N-ethyl adjacent to an activating group) is 1. The molecule has 7 rings (SSSR count). The third kappa shape index (κ3) is 5.80. The van der Waals surface area contributed by atoms with E-state index in [0.717, 1.165) is 52.6 Å². The first kappa shape index (κ1) is 27.5. The smallest absolute Gasteiger partial charge is 0.272 e. The molecule has 4 aromatic carbocycles. The summed E-state index contributed by atoms with van der Waals surface area (Å²) in [5.74, 6) is 1.01. The molecule has 0 atom stereocenters. The molecular weight excluding hydrogens is 548 g/mol. The van der Waals surface area contributed by atoms with Gasteiger partial charge in [0.05, 0.1) is 22.8 Å². The Hall–Kier alpha value is -5.34. The van der Waals surface area contributed by atoms with E-state index in [1.165, 1.54) is 0 Å². The molecule has 0 spiro atoms. The van der Waals surface area contributed by atoms with Crippen LogP contribution in [0.3, 0.4) is 0 Å². The molecule has 1 N–H and O–H groups in total. The van der Waals surface area contributed by atoms with Gasteiger partial charge in [0, 0.05) is 43.0 Å². The minimum Gasteiger partial charge on any atom is -0.441 e. The second kappa shape index (κ2) is 12.1. The highest BCUT2D eigenvalue weighted by Crippen LogP contribution is 2.32. The van der Waals surface area contributed by atoms with Gasteiger partial charge in [-0.05, 0) is 61.2 Å². The fraction of sp³-hybridized carbons (Fsp3) is 0.167. The number of benzene rings is 4. The molecule has 0 bridgehead atoms. The first-order valence-electron chi connectivity index (χ1n) is 14.8. The average Bonchev–Trinajstić information content (AvgIpc) is 3.38. The van der Waals surface area contributed by atoms with Gasteiger partial charge >= 0.3 is 0 Å². The summed E-state index contributed by atoms with van der Waals surface area (Å²) in [6, 6.07) is 33.7. The van der Waals surface area contributed by atoms with Crippen molar-refractivity contribution in [3.8, 4) is 5.75 Å². The van der Waals surface area contributed by atoms with Crippen molar-refractivity contribution >= 4 is 46.0 Å². The van der Waals surface area contributed by atoms with Crippen molar-refractivity contribution in [1.82, 2.24) is 9.80 Å². The number of anilines is 1. The minimum atomic E-state index is -0.0606. The van der Waals surface area contributed by atoms with Crippen molar-refractivity contribution in [2.45, 2.75) is 0 Å². The molecule has 1 fully saturated rings. The number of piperazine rings is 1. The van der Waals surface area contributed by atoms with E-state index in [0.29, 0.717) is 36.1 Å². The number of fused-ring (bicyclic) bond motifs is 2. The van der Waals surface area contributed by atoms with Crippen LogP contribution in [0.25, 0.3) is 5.70 Å². The molecule has 8 heteroatoms.